The number of likely N-dealkylation sites (tertiary alicyclic amines) is 1. The molecular formula is C32H38N6O6S. The largest absolute Gasteiger partial charge is 0.391 e. The lowest BCUT2D eigenvalue weighted by atomic mass is 10.0. The number of thiazole rings is 1. The number of aliphatic hydroxyl groups excluding tert-OH is 1. The average molecular weight is 635 g/mol. The van der Waals surface area contributed by atoms with Gasteiger partial charge >= 0.3 is 6.03 Å². The highest BCUT2D eigenvalue weighted by Gasteiger charge is 2.42. The van der Waals surface area contributed by atoms with Crippen molar-refractivity contribution in [2.24, 2.45) is 0 Å². The van der Waals surface area contributed by atoms with Crippen molar-refractivity contribution in [1.82, 2.24) is 25.4 Å². The van der Waals surface area contributed by atoms with Crippen LogP contribution in [0.15, 0.2) is 60.0 Å². The molecule has 0 aliphatic carbocycles. The first-order chi connectivity index (χ1) is 21.7. The van der Waals surface area contributed by atoms with Crippen LogP contribution in [-0.4, -0.2) is 101 Å². The van der Waals surface area contributed by atoms with E-state index in [-0.39, 0.29) is 37.4 Å². The number of hydrogen-bond acceptors (Lipinski definition) is 8. The smallest absolute Gasteiger partial charge is 0.318 e. The number of morpholine rings is 1. The number of anilines is 1. The molecule has 45 heavy (non-hydrogen) atoms. The molecule has 12 nitrogen and oxygen atoms in total. The van der Waals surface area contributed by atoms with Crippen LogP contribution in [0.4, 0.5) is 9.93 Å². The lowest BCUT2D eigenvalue weighted by Crippen LogP contribution is -2.56. The number of aliphatic hydroxyl groups is 1. The zero-order valence-corrected chi connectivity index (χ0v) is 26.1. The number of amides is 5. The van der Waals surface area contributed by atoms with Crippen LogP contribution >= 0.6 is 11.3 Å². The molecule has 238 valence electrons. The SMILES string of the molecule is CC(C)NC(=O)c1ccc(-c2csc(NC(=O)[C@@H]3C[C@H](O)CN3C(=O)[C@@H](Cc3ccccc3)NC(=O)N3CCOCC3)n2)cc1. The van der Waals surface area contributed by atoms with Crippen molar-refractivity contribution in [2.45, 2.75) is 50.9 Å². The van der Waals surface area contributed by atoms with Crippen molar-refractivity contribution < 1.29 is 29.0 Å². The van der Waals surface area contributed by atoms with Gasteiger partial charge in [-0.2, -0.15) is 0 Å². The van der Waals surface area contributed by atoms with Gasteiger partial charge in [-0.25, -0.2) is 9.78 Å². The fourth-order valence-electron chi connectivity index (χ4n) is 5.35. The number of nitrogens with zero attached hydrogens (tertiary/aromatic N) is 3. The van der Waals surface area contributed by atoms with E-state index in [9.17, 15) is 24.3 Å². The topological polar surface area (TPSA) is 153 Å². The first-order valence-electron chi connectivity index (χ1n) is 15.0. The van der Waals surface area contributed by atoms with Gasteiger partial charge in [0.15, 0.2) is 5.13 Å². The maximum atomic E-state index is 13.9. The van der Waals surface area contributed by atoms with E-state index in [1.54, 1.807) is 34.5 Å². The molecule has 0 radical (unpaired) electrons. The molecule has 2 aliphatic rings. The second-order valence-electron chi connectivity index (χ2n) is 11.4. The summed E-state index contributed by atoms with van der Waals surface area (Å²) in [5.41, 5.74) is 2.79. The molecule has 0 bridgehead atoms. The molecule has 2 aromatic carbocycles. The van der Waals surface area contributed by atoms with Gasteiger partial charge < -0.3 is 35.6 Å². The first-order valence-corrected chi connectivity index (χ1v) is 15.9. The Hall–Kier alpha value is -4.33. The highest BCUT2D eigenvalue weighted by molar-refractivity contribution is 7.14. The number of ether oxygens (including phenoxy) is 1. The number of carbonyl (C=O) groups excluding carboxylic acids is 4. The van der Waals surface area contributed by atoms with Crippen molar-refractivity contribution in [3.05, 3.63) is 71.1 Å². The lowest BCUT2D eigenvalue weighted by molar-refractivity contribution is -0.138. The number of carbonyl (C=O) groups is 4. The Bertz CT molecular complexity index is 1490. The fourth-order valence-corrected chi connectivity index (χ4v) is 6.08. The summed E-state index contributed by atoms with van der Waals surface area (Å²) >= 11 is 1.23. The summed E-state index contributed by atoms with van der Waals surface area (Å²) < 4.78 is 5.34. The van der Waals surface area contributed by atoms with Gasteiger partial charge in [0.05, 0.1) is 25.0 Å². The molecule has 13 heteroatoms. The van der Waals surface area contributed by atoms with E-state index in [2.05, 4.69) is 20.9 Å². The number of urea groups is 1. The highest BCUT2D eigenvalue weighted by Crippen LogP contribution is 2.27. The molecule has 1 aromatic heterocycles. The Balaban J connectivity index is 1.27. The van der Waals surface area contributed by atoms with Crippen molar-refractivity contribution in [2.75, 3.05) is 38.2 Å². The summed E-state index contributed by atoms with van der Waals surface area (Å²) in [6.07, 6.45) is -0.606. The maximum Gasteiger partial charge on any atom is 0.318 e. The third-order valence-electron chi connectivity index (χ3n) is 7.64. The van der Waals surface area contributed by atoms with Crippen LogP contribution in [0.3, 0.4) is 0 Å². The van der Waals surface area contributed by atoms with E-state index in [0.29, 0.717) is 42.7 Å². The van der Waals surface area contributed by atoms with E-state index >= 15 is 0 Å². The third kappa shape index (κ3) is 8.24. The number of benzene rings is 2. The van der Waals surface area contributed by atoms with Crippen LogP contribution in [0.5, 0.6) is 0 Å². The summed E-state index contributed by atoms with van der Waals surface area (Å²) in [6.45, 7) is 5.43. The number of rotatable bonds is 9. The van der Waals surface area contributed by atoms with Gasteiger partial charge in [-0.15, -0.1) is 11.3 Å². The first kappa shape index (κ1) is 32.1. The Morgan fingerprint density at radius 3 is 2.42 bits per heavy atom. The second kappa shape index (κ2) is 14.6. The minimum atomic E-state index is -0.947. The molecule has 3 aromatic rings. The molecule has 2 fully saturated rings. The molecule has 5 amide bonds. The summed E-state index contributed by atoms with van der Waals surface area (Å²) in [5.74, 6) is -1.08. The van der Waals surface area contributed by atoms with Crippen molar-refractivity contribution in [1.29, 1.82) is 0 Å². The molecule has 0 spiro atoms. The monoisotopic (exact) mass is 634 g/mol. The number of hydrogen-bond donors (Lipinski definition) is 4. The molecule has 5 rings (SSSR count). The average Bonchev–Trinajstić information content (AvgIpc) is 3.67. The van der Waals surface area contributed by atoms with Gasteiger partial charge in [0.1, 0.15) is 12.1 Å². The zero-order chi connectivity index (χ0) is 31.9. The van der Waals surface area contributed by atoms with Crippen molar-refractivity contribution in [3.63, 3.8) is 0 Å². The van der Waals surface area contributed by atoms with Crippen molar-refractivity contribution >= 4 is 40.2 Å². The normalized spacial score (nSPS) is 18.8. The van der Waals surface area contributed by atoms with Crippen LogP contribution in [0.25, 0.3) is 11.3 Å². The standard InChI is InChI=1S/C32H38N6O6S/c1-20(2)33-28(40)23-10-8-22(9-11-23)26-19-45-31(34-26)36-29(41)27-17-24(39)18-38(27)30(42)25(16-21-6-4-3-5-7-21)35-32(43)37-12-14-44-15-13-37/h3-11,19-20,24-25,27,39H,12-18H2,1-2H3,(H,33,40)(H,35,43)(H,34,36,41)/t24-,25+,27-/m0/s1. The quantitative estimate of drug-likeness (QED) is 0.282. The molecule has 0 unspecified atom stereocenters. The summed E-state index contributed by atoms with van der Waals surface area (Å²) in [4.78, 5) is 60.3. The lowest BCUT2D eigenvalue weighted by Gasteiger charge is -2.32. The molecule has 3 atom stereocenters. The van der Waals surface area contributed by atoms with Gasteiger partial charge in [-0.05, 0) is 31.5 Å². The van der Waals surface area contributed by atoms with Crippen molar-refractivity contribution in [3.8, 4) is 11.3 Å². The number of aromatic nitrogens is 1. The predicted octanol–water partition coefficient (Wildman–Crippen LogP) is 2.50. The summed E-state index contributed by atoms with van der Waals surface area (Å²) in [7, 11) is 0. The minimum Gasteiger partial charge on any atom is -0.391 e. The van der Waals surface area contributed by atoms with Gasteiger partial charge in [0, 0.05) is 55.0 Å². The molecular weight excluding hydrogens is 596 g/mol. The van der Waals surface area contributed by atoms with Crippen LogP contribution in [0.1, 0.15) is 36.2 Å². The van der Waals surface area contributed by atoms with E-state index in [1.165, 1.54) is 16.2 Å². The maximum absolute atomic E-state index is 13.9. The fraction of sp³-hybridized carbons (Fsp3) is 0.406. The van der Waals surface area contributed by atoms with Crippen LogP contribution in [0.2, 0.25) is 0 Å². The Morgan fingerprint density at radius 2 is 1.73 bits per heavy atom. The second-order valence-corrected chi connectivity index (χ2v) is 12.3. The van der Waals surface area contributed by atoms with Crippen LogP contribution in [-0.2, 0) is 20.7 Å². The van der Waals surface area contributed by atoms with Crippen LogP contribution in [0, 0.1) is 0 Å². The minimum absolute atomic E-state index is 0.0256. The Morgan fingerprint density at radius 1 is 1.02 bits per heavy atom. The zero-order valence-electron chi connectivity index (χ0n) is 25.3. The molecule has 3 heterocycles. The van der Waals surface area contributed by atoms with E-state index in [4.69, 9.17) is 4.74 Å². The van der Waals surface area contributed by atoms with E-state index in [1.807, 2.05) is 44.2 Å². The molecule has 2 saturated heterocycles. The van der Waals surface area contributed by atoms with E-state index in [0.717, 1.165) is 11.1 Å². The summed E-state index contributed by atoms with van der Waals surface area (Å²) in [6, 6.07) is 14.1. The Kier molecular flexibility index (Phi) is 10.4. The van der Waals surface area contributed by atoms with Crippen LogP contribution < -0.4 is 16.0 Å². The molecule has 0 saturated carbocycles. The predicted molar refractivity (Wildman–Crippen MR) is 170 cm³/mol. The van der Waals surface area contributed by atoms with Gasteiger partial charge in [-0.1, -0.05) is 42.5 Å². The van der Waals surface area contributed by atoms with Gasteiger partial charge in [0.25, 0.3) is 5.91 Å². The highest BCUT2D eigenvalue weighted by atomic mass is 32.1. The summed E-state index contributed by atoms with van der Waals surface area (Å²) in [5, 5.41) is 21.2. The van der Waals surface area contributed by atoms with E-state index < -0.39 is 30.0 Å². The van der Waals surface area contributed by atoms with Gasteiger partial charge in [-0.3, -0.25) is 14.4 Å². The molecule has 4 N–H and O–H groups in total. The Labute approximate surface area is 265 Å². The number of β-amino-alcohol motifs (C(OH)–C–C–N with tert-alkyl or cyclic N) is 1. The number of nitrogens with one attached hydrogen (secondary N) is 3. The molecule has 2 aliphatic heterocycles. The van der Waals surface area contributed by atoms with Gasteiger partial charge in [0.2, 0.25) is 11.8 Å². The third-order valence-corrected chi connectivity index (χ3v) is 8.40.